The lowest BCUT2D eigenvalue weighted by Crippen LogP contribution is -2.15. The highest BCUT2D eigenvalue weighted by molar-refractivity contribution is 7.85. The van der Waals surface area contributed by atoms with Crippen LogP contribution in [-0.2, 0) is 16.6 Å². The molecule has 0 aliphatic heterocycles. The predicted molar refractivity (Wildman–Crippen MR) is 104 cm³/mol. The number of ether oxygens (including phenoxy) is 1. The fourth-order valence-electron chi connectivity index (χ4n) is 2.42. The van der Waals surface area contributed by atoms with E-state index < -0.39 is 10.8 Å². The lowest BCUT2D eigenvalue weighted by molar-refractivity contribution is 0.102. The summed E-state index contributed by atoms with van der Waals surface area (Å²) in [5, 5.41) is 0. The topological polar surface area (TPSA) is 76.2 Å². The Hall–Kier alpha value is -2.21. The quantitative estimate of drug-likeness (QED) is 0.682. The second kappa shape index (κ2) is 9.48. The average molecular weight is 375 g/mol. The van der Waals surface area contributed by atoms with Gasteiger partial charge in [0.1, 0.15) is 0 Å². The molecule has 140 valence electrons. The van der Waals surface area contributed by atoms with E-state index in [1.54, 1.807) is 12.1 Å². The molecule has 1 atom stereocenters. The lowest BCUT2D eigenvalue weighted by atomic mass is 10.0. The fraction of sp³-hybridized carbons (Fsp3) is 0.400. The van der Waals surface area contributed by atoms with Crippen molar-refractivity contribution < 1.29 is 13.7 Å². The van der Waals surface area contributed by atoms with Crippen LogP contribution in [0.15, 0.2) is 41.3 Å². The van der Waals surface area contributed by atoms with Gasteiger partial charge in [-0.2, -0.15) is 0 Å². The standard InChI is InChI=1S/C20H25NO4S/c1-4-9-25-20-11-21-17(10-18(20)22)12-26(24)13-19(23)16-7-5-15(6-8-16)14(2)3/h5-8,10-11,14H,4,9,12-13H2,1-3H3,(H,21,22). The number of pyridine rings is 1. The molecule has 1 aromatic carbocycles. The summed E-state index contributed by atoms with van der Waals surface area (Å²) in [4.78, 5) is 27.1. The van der Waals surface area contributed by atoms with Crippen molar-refractivity contribution in [3.8, 4) is 5.75 Å². The summed E-state index contributed by atoms with van der Waals surface area (Å²) < 4.78 is 17.6. The molecular formula is C20H25NO4S. The van der Waals surface area contributed by atoms with Crippen LogP contribution in [0.25, 0.3) is 0 Å². The zero-order valence-corrected chi connectivity index (χ0v) is 16.2. The third-order valence-electron chi connectivity index (χ3n) is 3.91. The second-order valence-electron chi connectivity index (χ2n) is 6.46. The molecular weight excluding hydrogens is 350 g/mol. The fourth-order valence-corrected chi connectivity index (χ4v) is 3.49. The van der Waals surface area contributed by atoms with Gasteiger partial charge in [-0.05, 0) is 17.9 Å². The number of carbonyl (C=O) groups is 1. The van der Waals surface area contributed by atoms with E-state index in [1.165, 1.54) is 12.3 Å². The van der Waals surface area contributed by atoms with Crippen LogP contribution in [0.3, 0.4) is 0 Å². The Bertz CT molecular complexity index is 824. The molecule has 26 heavy (non-hydrogen) atoms. The number of nitrogens with one attached hydrogen (secondary N) is 1. The SMILES string of the molecule is CCCOc1c[nH]c(CS(=O)CC(=O)c2ccc(C(C)C)cc2)cc1=O. The summed E-state index contributed by atoms with van der Waals surface area (Å²) in [6.45, 7) is 6.61. The number of carbonyl (C=O) groups excluding carboxylic acids is 1. The van der Waals surface area contributed by atoms with Crippen molar-refractivity contribution in [3.63, 3.8) is 0 Å². The van der Waals surface area contributed by atoms with Gasteiger partial charge in [0.2, 0.25) is 5.43 Å². The van der Waals surface area contributed by atoms with E-state index in [1.807, 2.05) is 19.1 Å². The average Bonchev–Trinajstić information content (AvgIpc) is 2.61. The summed E-state index contributed by atoms with van der Waals surface area (Å²) in [6.07, 6.45) is 2.29. The molecule has 0 saturated heterocycles. The molecule has 1 aromatic heterocycles. The van der Waals surface area contributed by atoms with Crippen molar-refractivity contribution >= 4 is 16.6 Å². The molecule has 2 aromatic rings. The molecule has 0 amide bonds. The van der Waals surface area contributed by atoms with Gasteiger partial charge in [-0.3, -0.25) is 13.8 Å². The van der Waals surface area contributed by atoms with E-state index in [0.717, 1.165) is 12.0 Å². The van der Waals surface area contributed by atoms with Gasteiger partial charge in [-0.15, -0.1) is 0 Å². The molecule has 1 unspecified atom stereocenters. The number of rotatable bonds is 9. The summed E-state index contributed by atoms with van der Waals surface area (Å²) in [5.74, 6) is 0.539. The van der Waals surface area contributed by atoms with Gasteiger partial charge in [-0.25, -0.2) is 0 Å². The van der Waals surface area contributed by atoms with E-state index in [9.17, 15) is 13.8 Å². The third-order valence-corrected chi connectivity index (χ3v) is 5.12. The molecule has 0 fully saturated rings. The Morgan fingerprint density at radius 2 is 1.92 bits per heavy atom. The minimum absolute atomic E-state index is 0.0723. The van der Waals surface area contributed by atoms with Gasteiger partial charge in [0, 0.05) is 34.3 Å². The first-order chi connectivity index (χ1) is 12.4. The Kier molecular flexibility index (Phi) is 7.33. The minimum Gasteiger partial charge on any atom is -0.488 e. The normalized spacial score (nSPS) is 12.2. The van der Waals surface area contributed by atoms with E-state index in [2.05, 4.69) is 18.8 Å². The van der Waals surface area contributed by atoms with Crippen LogP contribution < -0.4 is 10.2 Å². The van der Waals surface area contributed by atoms with E-state index in [4.69, 9.17) is 4.74 Å². The first-order valence-corrected chi connectivity index (χ1v) is 10.2. The molecule has 0 spiro atoms. The van der Waals surface area contributed by atoms with Gasteiger partial charge < -0.3 is 9.72 Å². The lowest BCUT2D eigenvalue weighted by Gasteiger charge is -2.07. The van der Waals surface area contributed by atoms with Crippen molar-refractivity contribution in [3.05, 3.63) is 63.6 Å². The van der Waals surface area contributed by atoms with Gasteiger partial charge >= 0.3 is 0 Å². The summed E-state index contributed by atoms with van der Waals surface area (Å²) in [6, 6.07) is 8.78. The van der Waals surface area contributed by atoms with Crippen LogP contribution >= 0.6 is 0 Å². The van der Waals surface area contributed by atoms with Crippen molar-refractivity contribution in [1.82, 2.24) is 4.98 Å². The largest absolute Gasteiger partial charge is 0.488 e. The first-order valence-electron chi connectivity index (χ1n) is 8.73. The predicted octanol–water partition coefficient (Wildman–Crippen LogP) is 3.42. The van der Waals surface area contributed by atoms with Crippen molar-refractivity contribution in [2.24, 2.45) is 0 Å². The summed E-state index contributed by atoms with van der Waals surface area (Å²) in [5.41, 5.74) is 1.99. The Morgan fingerprint density at radius 3 is 2.50 bits per heavy atom. The number of hydrogen-bond acceptors (Lipinski definition) is 4. The zero-order valence-electron chi connectivity index (χ0n) is 15.4. The van der Waals surface area contributed by atoms with Gasteiger partial charge in [0.25, 0.3) is 0 Å². The highest BCUT2D eigenvalue weighted by Crippen LogP contribution is 2.15. The van der Waals surface area contributed by atoms with Crippen LogP contribution in [0.2, 0.25) is 0 Å². The second-order valence-corrected chi connectivity index (χ2v) is 7.92. The zero-order chi connectivity index (χ0) is 19.1. The first kappa shape index (κ1) is 20.1. The van der Waals surface area contributed by atoms with Crippen molar-refractivity contribution in [1.29, 1.82) is 0 Å². The number of benzene rings is 1. The summed E-state index contributed by atoms with van der Waals surface area (Å²) in [7, 11) is -1.40. The molecule has 5 nitrogen and oxygen atoms in total. The highest BCUT2D eigenvalue weighted by Gasteiger charge is 2.13. The molecule has 0 bridgehead atoms. The van der Waals surface area contributed by atoms with Gasteiger partial charge in [0.15, 0.2) is 11.5 Å². The third kappa shape index (κ3) is 5.66. The Morgan fingerprint density at radius 1 is 1.23 bits per heavy atom. The number of Topliss-reactive ketones (excluding diaryl/α,β-unsaturated/α-hetero) is 1. The molecule has 0 saturated carbocycles. The summed E-state index contributed by atoms with van der Waals surface area (Å²) >= 11 is 0. The van der Waals surface area contributed by atoms with Crippen LogP contribution in [0.5, 0.6) is 5.75 Å². The molecule has 0 radical (unpaired) electrons. The number of H-pyrrole nitrogens is 1. The van der Waals surface area contributed by atoms with Gasteiger partial charge in [-0.1, -0.05) is 45.0 Å². The van der Waals surface area contributed by atoms with E-state index in [0.29, 0.717) is 23.8 Å². The number of ketones is 1. The van der Waals surface area contributed by atoms with E-state index >= 15 is 0 Å². The van der Waals surface area contributed by atoms with Crippen LogP contribution in [0.4, 0.5) is 0 Å². The van der Waals surface area contributed by atoms with Crippen molar-refractivity contribution in [2.75, 3.05) is 12.4 Å². The molecule has 6 heteroatoms. The molecule has 0 aliphatic carbocycles. The Labute approximate surface area is 156 Å². The Balaban J connectivity index is 1.96. The number of aromatic nitrogens is 1. The number of hydrogen-bond donors (Lipinski definition) is 1. The monoisotopic (exact) mass is 375 g/mol. The molecule has 0 aliphatic rings. The van der Waals surface area contributed by atoms with Crippen molar-refractivity contribution in [2.45, 2.75) is 38.9 Å². The maximum Gasteiger partial charge on any atom is 0.223 e. The highest BCUT2D eigenvalue weighted by atomic mass is 32.2. The molecule has 1 N–H and O–H groups in total. The smallest absolute Gasteiger partial charge is 0.223 e. The minimum atomic E-state index is -1.40. The molecule has 1 heterocycles. The molecule has 2 rings (SSSR count). The maximum atomic E-state index is 12.3. The number of aromatic amines is 1. The van der Waals surface area contributed by atoms with E-state index in [-0.39, 0.29) is 28.5 Å². The van der Waals surface area contributed by atoms with Crippen LogP contribution in [0.1, 0.15) is 54.7 Å². The van der Waals surface area contributed by atoms with Crippen LogP contribution in [0, 0.1) is 0 Å². The van der Waals surface area contributed by atoms with Crippen LogP contribution in [-0.4, -0.2) is 27.3 Å². The van der Waals surface area contributed by atoms with Gasteiger partial charge in [0.05, 0.1) is 18.1 Å². The maximum absolute atomic E-state index is 12.3.